The Morgan fingerprint density at radius 1 is 1.50 bits per heavy atom. The summed E-state index contributed by atoms with van der Waals surface area (Å²) in [6.45, 7) is 2.00. The van der Waals surface area contributed by atoms with E-state index in [0.717, 1.165) is 27.0 Å². The molecule has 2 rings (SSSR count). The Morgan fingerprint density at radius 2 is 2.29 bits per heavy atom. The van der Waals surface area contributed by atoms with Crippen LogP contribution in [0.3, 0.4) is 0 Å². The number of halogens is 1. The van der Waals surface area contributed by atoms with E-state index in [1.165, 1.54) is 0 Å². The maximum atomic E-state index is 13.9. The molecule has 0 saturated carbocycles. The molecular formula is C11H11FS2. The first-order valence-corrected chi connectivity index (χ1v) is 6.61. The van der Waals surface area contributed by atoms with Gasteiger partial charge in [0.1, 0.15) is 5.82 Å². The van der Waals surface area contributed by atoms with Gasteiger partial charge in [0.15, 0.2) is 0 Å². The Bertz CT molecular complexity index is 460. The number of benzene rings is 1. The fraction of sp³-hybridized carbons (Fsp3) is 0.273. The largest absolute Gasteiger partial charge is 0.206 e. The van der Waals surface area contributed by atoms with E-state index in [4.69, 9.17) is 0 Å². The normalized spacial score (nSPS) is 11.1. The molecule has 0 nitrogen and oxygen atoms in total. The third-order valence-electron chi connectivity index (χ3n) is 2.33. The summed E-state index contributed by atoms with van der Waals surface area (Å²) in [6, 6.07) is 3.95. The molecule has 0 aliphatic heterocycles. The minimum absolute atomic E-state index is 0.0319. The van der Waals surface area contributed by atoms with Crippen molar-refractivity contribution in [1.82, 2.24) is 0 Å². The molecule has 1 aromatic carbocycles. The van der Waals surface area contributed by atoms with Gasteiger partial charge in [0.25, 0.3) is 0 Å². The van der Waals surface area contributed by atoms with Gasteiger partial charge in [-0.15, -0.1) is 23.1 Å². The fourth-order valence-electron chi connectivity index (χ4n) is 1.60. The molecule has 1 aromatic heterocycles. The van der Waals surface area contributed by atoms with Crippen LogP contribution < -0.4 is 0 Å². The molecule has 0 bridgehead atoms. The minimum Gasteiger partial charge on any atom is -0.206 e. The SMILES string of the molecule is CCc1c(SC)cc2sccc2c1F. The van der Waals surface area contributed by atoms with E-state index in [9.17, 15) is 4.39 Å². The molecule has 0 N–H and O–H groups in total. The van der Waals surface area contributed by atoms with Crippen molar-refractivity contribution >= 4 is 33.2 Å². The van der Waals surface area contributed by atoms with Gasteiger partial charge >= 0.3 is 0 Å². The lowest BCUT2D eigenvalue weighted by atomic mass is 10.1. The molecule has 1 heterocycles. The molecule has 0 unspecified atom stereocenters. The predicted molar refractivity (Wildman–Crippen MR) is 62.9 cm³/mol. The van der Waals surface area contributed by atoms with Crippen LogP contribution in [0.25, 0.3) is 10.1 Å². The average Bonchev–Trinajstić information content (AvgIpc) is 2.65. The van der Waals surface area contributed by atoms with Crippen LogP contribution in [0.1, 0.15) is 12.5 Å². The lowest BCUT2D eigenvalue weighted by molar-refractivity contribution is 0.619. The van der Waals surface area contributed by atoms with Crippen molar-refractivity contribution in [1.29, 1.82) is 0 Å². The minimum atomic E-state index is -0.0319. The Labute approximate surface area is 91.1 Å². The van der Waals surface area contributed by atoms with Crippen LogP contribution >= 0.6 is 23.1 Å². The van der Waals surface area contributed by atoms with E-state index in [2.05, 4.69) is 6.07 Å². The maximum absolute atomic E-state index is 13.9. The van der Waals surface area contributed by atoms with Crippen LogP contribution in [-0.2, 0) is 6.42 Å². The van der Waals surface area contributed by atoms with Crippen molar-refractivity contribution in [3.63, 3.8) is 0 Å². The highest BCUT2D eigenvalue weighted by Gasteiger charge is 2.11. The molecule has 0 saturated heterocycles. The van der Waals surface area contributed by atoms with Gasteiger partial charge in [0.05, 0.1) is 0 Å². The summed E-state index contributed by atoms with van der Waals surface area (Å²) in [4.78, 5) is 1.07. The maximum Gasteiger partial charge on any atom is 0.136 e. The molecule has 0 fully saturated rings. The van der Waals surface area contributed by atoms with E-state index in [1.54, 1.807) is 23.1 Å². The molecule has 74 valence electrons. The van der Waals surface area contributed by atoms with Crippen LogP contribution in [0.5, 0.6) is 0 Å². The highest BCUT2D eigenvalue weighted by atomic mass is 32.2. The summed E-state index contributed by atoms with van der Waals surface area (Å²) in [5.74, 6) is -0.0319. The summed E-state index contributed by atoms with van der Waals surface area (Å²) >= 11 is 3.22. The third-order valence-corrected chi connectivity index (χ3v) is 4.00. The first-order chi connectivity index (χ1) is 6.77. The quantitative estimate of drug-likeness (QED) is 0.687. The standard InChI is InChI=1S/C11H11FS2/c1-3-7-9(13-2)6-10-8(11(7)12)4-5-14-10/h4-6H,3H2,1-2H3. The second-order valence-corrected chi connectivity index (χ2v) is 4.85. The van der Waals surface area contributed by atoms with Crippen molar-refractivity contribution in [3.8, 4) is 0 Å². The van der Waals surface area contributed by atoms with Gasteiger partial charge in [0, 0.05) is 20.5 Å². The zero-order valence-corrected chi connectivity index (χ0v) is 9.77. The van der Waals surface area contributed by atoms with Crippen molar-refractivity contribution in [2.75, 3.05) is 6.26 Å². The van der Waals surface area contributed by atoms with Crippen LogP contribution in [0.15, 0.2) is 22.4 Å². The second-order valence-electron chi connectivity index (χ2n) is 3.06. The van der Waals surface area contributed by atoms with E-state index >= 15 is 0 Å². The number of hydrogen-bond donors (Lipinski definition) is 0. The van der Waals surface area contributed by atoms with Crippen molar-refractivity contribution < 1.29 is 4.39 Å². The number of fused-ring (bicyclic) bond motifs is 1. The molecule has 0 aliphatic carbocycles. The molecule has 0 spiro atoms. The van der Waals surface area contributed by atoms with Gasteiger partial charge in [-0.3, -0.25) is 0 Å². The molecule has 0 amide bonds. The predicted octanol–water partition coefficient (Wildman–Crippen LogP) is 4.32. The van der Waals surface area contributed by atoms with E-state index < -0.39 is 0 Å². The average molecular weight is 226 g/mol. The molecule has 0 aliphatic rings. The summed E-state index contributed by atoms with van der Waals surface area (Å²) in [6.07, 6.45) is 2.75. The Morgan fingerprint density at radius 3 is 2.93 bits per heavy atom. The van der Waals surface area contributed by atoms with Crippen LogP contribution in [0, 0.1) is 5.82 Å². The first kappa shape index (κ1) is 9.99. The Balaban J connectivity index is 2.79. The van der Waals surface area contributed by atoms with Gasteiger partial charge in [0.2, 0.25) is 0 Å². The lowest BCUT2D eigenvalue weighted by Crippen LogP contribution is -1.91. The topological polar surface area (TPSA) is 0 Å². The van der Waals surface area contributed by atoms with Gasteiger partial charge in [-0.1, -0.05) is 6.92 Å². The van der Waals surface area contributed by atoms with Crippen LogP contribution in [-0.4, -0.2) is 6.26 Å². The number of rotatable bonds is 2. The zero-order chi connectivity index (χ0) is 10.1. The lowest BCUT2D eigenvalue weighted by Gasteiger charge is -2.07. The van der Waals surface area contributed by atoms with Crippen molar-refractivity contribution in [2.24, 2.45) is 0 Å². The van der Waals surface area contributed by atoms with E-state index in [-0.39, 0.29) is 5.82 Å². The highest BCUT2D eigenvalue weighted by molar-refractivity contribution is 7.98. The molecule has 3 heteroatoms. The van der Waals surface area contributed by atoms with Gasteiger partial charge in [-0.05, 0) is 30.2 Å². The zero-order valence-electron chi connectivity index (χ0n) is 8.13. The van der Waals surface area contributed by atoms with E-state index in [0.29, 0.717) is 0 Å². The number of thioether (sulfide) groups is 1. The summed E-state index contributed by atoms with van der Waals surface area (Å²) in [5.41, 5.74) is 0.850. The van der Waals surface area contributed by atoms with Crippen LogP contribution in [0.4, 0.5) is 4.39 Å². The molecule has 14 heavy (non-hydrogen) atoms. The smallest absolute Gasteiger partial charge is 0.136 e. The molecule has 2 aromatic rings. The first-order valence-electron chi connectivity index (χ1n) is 4.50. The number of hydrogen-bond acceptors (Lipinski definition) is 2. The van der Waals surface area contributed by atoms with Crippen molar-refractivity contribution in [2.45, 2.75) is 18.2 Å². The molecule has 0 atom stereocenters. The van der Waals surface area contributed by atoms with Crippen LogP contribution in [0.2, 0.25) is 0 Å². The summed E-state index contributed by atoms with van der Waals surface area (Å²) < 4.78 is 15.0. The van der Waals surface area contributed by atoms with Gasteiger partial charge in [-0.2, -0.15) is 0 Å². The third kappa shape index (κ3) is 1.44. The van der Waals surface area contributed by atoms with Crippen molar-refractivity contribution in [3.05, 3.63) is 28.9 Å². The summed E-state index contributed by atoms with van der Waals surface area (Å²) in [5, 5.41) is 2.71. The highest BCUT2D eigenvalue weighted by Crippen LogP contribution is 2.33. The Hall–Kier alpha value is -0.540. The second kappa shape index (κ2) is 3.91. The number of thiophene rings is 1. The fourth-order valence-corrected chi connectivity index (χ4v) is 3.21. The monoisotopic (exact) mass is 226 g/mol. The Kier molecular flexibility index (Phi) is 2.79. The summed E-state index contributed by atoms with van der Waals surface area (Å²) in [7, 11) is 0. The van der Waals surface area contributed by atoms with Gasteiger partial charge < -0.3 is 0 Å². The molecule has 0 radical (unpaired) electrons. The molecular weight excluding hydrogens is 215 g/mol. The van der Waals surface area contributed by atoms with E-state index in [1.807, 2.05) is 24.6 Å². The van der Waals surface area contributed by atoms with Gasteiger partial charge in [-0.25, -0.2) is 4.39 Å².